The first-order valence-corrected chi connectivity index (χ1v) is 4.24. The van der Waals surface area contributed by atoms with Crippen LogP contribution in [0, 0.1) is 0 Å². The van der Waals surface area contributed by atoms with Crippen LogP contribution in [-0.4, -0.2) is 36.2 Å². The van der Waals surface area contributed by atoms with Crippen LogP contribution in [0.25, 0.3) is 0 Å². The predicted octanol–water partition coefficient (Wildman–Crippen LogP) is -0.765. The van der Waals surface area contributed by atoms with Crippen LogP contribution in [0.4, 0.5) is 0 Å². The smallest absolute Gasteiger partial charge is 0.236 e. The van der Waals surface area contributed by atoms with Crippen molar-refractivity contribution in [2.75, 3.05) is 13.7 Å². The van der Waals surface area contributed by atoms with Gasteiger partial charge in [0.15, 0.2) is 0 Å². The zero-order chi connectivity index (χ0) is 9.19. The van der Waals surface area contributed by atoms with Crippen molar-refractivity contribution in [3.63, 3.8) is 0 Å². The Morgan fingerprint density at radius 2 is 2.25 bits per heavy atom. The number of aliphatic hydroxyl groups is 1. The molecule has 4 heteroatoms. The number of amides is 1. The van der Waals surface area contributed by atoms with Gasteiger partial charge in [-0.05, 0) is 19.8 Å². The third-order valence-corrected chi connectivity index (χ3v) is 2.32. The van der Waals surface area contributed by atoms with Gasteiger partial charge >= 0.3 is 0 Å². The van der Waals surface area contributed by atoms with Gasteiger partial charge in [-0.25, -0.2) is 0 Å². The van der Waals surface area contributed by atoms with Gasteiger partial charge in [-0.2, -0.15) is 0 Å². The van der Waals surface area contributed by atoms with Crippen LogP contribution in [0.2, 0.25) is 0 Å². The molecule has 0 aliphatic heterocycles. The van der Waals surface area contributed by atoms with Crippen molar-refractivity contribution in [1.29, 1.82) is 0 Å². The number of aliphatic hydroxyl groups excluding tert-OH is 1. The maximum absolute atomic E-state index is 11.1. The Morgan fingerprint density at radius 3 is 2.58 bits per heavy atom. The minimum Gasteiger partial charge on any atom is -0.394 e. The van der Waals surface area contributed by atoms with Crippen molar-refractivity contribution >= 4 is 5.91 Å². The Labute approximate surface area is 72.3 Å². The van der Waals surface area contributed by atoms with E-state index in [2.05, 4.69) is 10.6 Å². The van der Waals surface area contributed by atoms with Crippen molar-refractivity contribution in [3.8, 4) is 0 Å². The second kappa shape index (κ2) is 3.41. The van der Waals surface area contributed by atoms with Crippen molar-refractivity contribution in [2.24, 2.45) is 0 Å². The van der Waals surface area contributed by atoms with Gasteiger partial charge in [-0.1, -0.05) is 0 Å². The summed E-state index contributed by atoms with van der Waals surface area (Å²) < 4.78 is 0. The third kappa shape index (κ3) is 1.95. The van der Waals surface area contributed by atoms with Gasteiger partial charge < -0.3 is 10.4 Å². The number of nitrogens with one attached hydrogen (secondary N) is 2. The molecule has 70 valence electrons. The van der Waals surface area contributed by atoms with Crippen molar-refractivity contribution in [3.05, 3.63) is 0 Å². The van der Waals surface area contributed by atoms with Crippen LogP contribution in [0.15, 0.2) is 0 Å². The molecule has 1 fully saturated rings. The first kappa shape index (κ1) is 9.48. The van der Waals surface area contributed by atoms with Crippen LogP contribution in [-0.2, 0) is 4.79 Å². The van der Waals surface area contributed by atoms with Gasteiger partial charge in [0.05, 0.1) is 12.6 Å². The Morgan fingerprint density at radius 1 is 1.67 bits per heavy atom. The fraction of sp³-hybridized carbons (Fsp3) is 0.875. The Hall–Kier alpha value is -0.610. The number of hydrogen-bond acceptors (Lipinski definition) is 3. The number of hydrogen-bond donors (Lipinski definition) is 3. The van der Waals surface area contributed by atoms with E-state index in [1.807, 2.05) is 0 Å². The van der Waals surface area contributed by atoms with Gasteiger partial charge in [0.2, 0.25) is 5.91 Å². The lowest BCUT2D eigenvalue weighted by molar-refractivity contribution is -0.122. The van der Waals surface area contributed by atoms with Gasteiger partial charge in [0, 0.05) is 12.6 Å². The lowest BCUT2D eigenvalue weighted by Crippen LogP contribution is -2.48. The van der Waals surface area contributed by atoms with E-state index in [1.165, 1.54) is 0 Å². The molecule has 12 heavy (non-hydrogen) atoms. The molecule has 4 nitrogen and oxygen atoms in total. The summed E-state index contributed by atoms with van der Waals surface area (Å²) in [6, 6.07) is -0.218. The molecule has 1 unspecified atom stereocenters. The van der Waals surface area contributed by atoms with Gasteiger partial charge in [-0.3, -0.25) is 10.1 Å². The monoisotopic (exact) mass is 172 g/mol. The van der Waals surface area contributed by atoms with Crippen LogP contribution in [0.1, 0.15) is 19.8 Å². The maximum atomic E-state index is 11.1. The highest BCUT2D eigenvalue weighted by molar-refractivity contribution is 5.81. The molecule has 0 aromatic carbocycles. The van der Waals surface area contributed by atoms with Crippen molar-refractivity contribution in [1.82, 2.24) is 10.6 Å². The van der Waals surface area contributed by atoms with E-state index in [4.69, 9.17) is 5.11 Å². The molecular formula is C8H16N2O2. The molecule has 0 radical (unpaired) electrons. The normalized spacial score (nSPS) is 21.6. The molecule has 1 aliphatic carbocycles. The van der Waals surface area contributed by atoms with Gasteiger partial charge in [0.1, 0.15) is 0 Å². The molecule has 3 N–H and O–H groups in total. The maximum Gasteiger partial charge on any atom is 0.236 e. The number of carbonyl (C=O) groups is 1. The molecule has 1 rings (SSSR count). The summed E-state index contributed by atoms with van der Waals surface area (Å²) in [7, 11) is 1.61. The van der Waals surface area contributed by atoms with Crippen LogP contribution < -0.4 is 10.6 Å². The second-order valence-electron chi connectivity index (χ2n) is 3.42. The van der Waals surface area contributed by atoms with Crippen molar-refractivity contribution in [2.45, 2.75) is 31.3 Å². The summed E-state index contributed by atoms with van der Waals surface area (Å²) in [6.45, 7) is 1.92. The SMILES string of the molecule is CNC(=O)C(C)NC1(CO)CC1. The molecule has 0 spiro atoms. The minimum absolute atomic E-state index is 0.0327. The summed E-state index contributed by atoms with van der Waals surface area (Å²) in [5.74, 6) is -0.0327. The molecule has 0 aromatic heterocycles. The predicted molar refractivity (Wildman–Crippen MR) is 45.7 cm³/mol. The van der Waals surface area contributed by atoms with E-state index < -0.39 is 0 Å². The quantitative estimate of drug-likeness (QED) is 0.522. The molecule has 1 atom stereocenters. The van der Waals surface area contributed by atoms with Crippen LogP contribution in [0.5, 0.6) is 0 Å². The molecule has 0 heterocycles. The summed E-state index contributed by atoms with van der Waals surface area (Å²) >= 11 is 0. The molecule has 0 saturated heterocycles. The summed E-state index contributed by atoms with van der Waals surface area (Å²) in [5, 5.41) is 14.6. The first-order valence-electron chi connectivity index (χ1n) is 4.24. The molecule has 0 bridgehead atoms. The zero-order valence-corrected chi connectivity index (χ0v) is 7.55. The summed E-state index contributed by atoms with van der Waals surface area (Å²) in [6.07, 6.45) is 1.93. The fourth-order valence-electron chi connectivity index (χ4n) is 1.24. The lowest BCUT2D eigenvalue weighted by atomic mass is 10.2. The van der Waals surface area contributed by atoms with E-state index in [0.29, 0.717) is 0 Å². The average molecular weight is 172 g/mol. The van der Waals surface area contributed by atoms with Gasteiger partial charge in [0.25, 0.3) is 0 Å². The molecule has 0 aromatic rings. The lowest BCUT2D eigenvalue weighted by Gasteiger charge is -2.19. The topological polar surface area (TPSA) is 61.4 Å². The van der Waals surface area contributed by atoms with Crippen LogP contribution in [0.3, 0.4) is 0 Å². The number of carbonyl (C=O) groups excluding carboxylic acids is 1. The highest BCUT2D eigenvalue weighted by Crippen LogP contribution is 2.34. The molecular weight excluding hydrogens is 156 g/mol. The minimum atomic E-state index is -0.218. The number of rotatable bonds is 4. The van der Waals surface area contributed by atoms with Crippen molar-refractivity contribution < 1.29 is 9.90 Å². The largest absolute Gasteiger partial charge is 0.394 e. The fourth-order valence-corrected chi connectivity index (χ4v) is 1.24. The highest BCUT2D eigenvalue weighted by atomic mass is 16.3. The zero-order valence-electron chi connectivity index (χ0n) is 7.55. The number of likely N-dealkylation sites (N-methyl/N-ethyl adjacent to an activating group) is 1. The highest BCUT2D eigenvalue weighted by Gasteiger charge is 2.43. The second-order valence-corrected chi connectivity index (χ2v) is 3.42. The van der Waals surface area contributed by atoms with Crippen LogP contribution >= 0.6 is 0 Å². The molecule has 1 saturated carbocycles. The Kier molecular flexibility index (Phi) is 2.69. The first-order chi connectivity index (χ1) is 5.63. The molecule has 1 amide bonds. The third-order valence-electron chi connectivity index (χ3n) is 2.32. The summed E-state index contributed by atoms with van der Waals surface area (Å²) in [4.78, 5) is 11.1. The van der Waals surface area contributed by atoms with E-state index in [-0.39, 0.29) is 24.1 Å². The van der Waals surface area contributed by atoms with Gasteiger partial charge in [-0.15, -0.1) is 0 Å². The van der Waals surface area contributed by atoms with E-state index in [0.717, 1.165) is 12.8 Å². The Bertz CT molecular complexity index is 178. The van der Waals surface area contributed by atoms with E-state index in [9.17, 15) is 4.79 Å². The standard InChI is InChI=1S/C8H16N2O2/c1-6(7(12)9-2)10-8(5-11)3-4-8/h6,10-11H,3-5H2,1-2H3,(H,9,12). The molecule has 1 aliphatic rings. The Balaban J connectivity index is 2.35. The summed E-state index contributed by atoms with van der Waals surface area (Å²) in [5.41, 5.74) is -0.161. The van der Waals surface area contributed by atoms with E-state index in [1.54, 1.807) is 14.0 Å². The average Bonchev–Trinajstić information content (AvgIpc) is 2.84. The van der Waals surface area contributed by atoms with E-state index >= 15 is 0 Å².